The lowest BCUT2D eigenvalue weighted by Crippen LogP contribution is -2.49. The van der Waals surface area contributed by atoms with Crippen LogP contribution < -0.4 is 15.2 Å². The molecule has 1 aromatic heterocycles. The highest BCUT2D eigenvalue weighted by Gasteiger charge is 2.37. The molecule has 206 valence electrons. The highest BCUT2D eigenvalue weighted by atomic mass is 32.2. The van der Waals surface area contributed by atoms with E-state index in [0.29, 0.717) is 37.0 Å². The maximum atomic E-state index is 13.3. The molecule has 1 amide bonds. The summed E-state index contributed by atoms with van der Waals surface area (Å²) in [5.41, 5.74) is 0.334. The third-order valence-corrected chi connectivity index (χ3v) is 8.60. The molecule has 8 nitrogen and oxygen atoms in total. The number of rotatable bonds is 5. The largest absolute Gasteiger partial charge is 0.416 e. The molecule has 2 aromatic carbocycles. The number of halogens is 3. The second-order valence-corrected chi connectivity index (χ2v) is 11.9. The fourth-order valence-corrected chi connectivity index (χ4v) is 6.42. The van der Waals surface area contributed by atoms with Crippen LogP contribution >= 0.6 is 0 Å². The summed E-state index contributed by atoms with van der Waals surface area (Å²) in [7, 11) is -0.601. The van der Waals surface area contributed by atoms with Gasteiger partial charge in [-0.15, -0.1) is 0 Å². The van der Waals surface area contributed by atoms with Crippen LogP contribution in [-0.2, 0) is 22.7 Å². The standard InChI is InChI=1S/C27H27F3N4O4S/c1-32(2)21-8-6-18(7-9-21)25(35)33-14-17-12-19(16-33)24-11-10-23(26(36)34(24)15-17)31-39(37,38)22-5-3-4-20(13-22)27(28,29)30/h3-11,13,17,19,31H,12,14-16H2,1-2H3. The van der Waals surface area contributed by atoms with Gasteiger partial charge in [0, 0.05) is 56.6 Å². The van der Waals surface area contributed by atoms with E-state index in [9.17, 15) is 31.2 Å². The molecule has 5 rings (SSSR count). The van der Waals surface area contributed by atoms with E-state index in [0.717, 1.165) is 30.3 Å². The van der Waals surface area contributed by atoms with Crippen LogP contribution in [0.2, 0.25) is 0 Å². The van der Waals surface area contributed by atoms with Gasteiger partial charge >= 0.3 is 6.18 Å². The number of alkyl halides is 3. The zero-order valence-corrected chi connectivity index (χ0v) is 22.1. The zero-order chi connectivity index (χ0) is 28.1. The smallest absolute Gasteiger partial charge is 0.378 e. The normalized spacial score (nSPS) is 18.8. The van der Waals surface area contributed by atoms with Gasteiger partial charge in [-0.1, -0.05) is 6.07 Å². The van der Waals surface area contributed by atoms with E-state index in [2.05, 4.69) is 4.72 Å². The molecule has 0 saturated carbocycles. The van der Waals surface area contributed by atoms with Crippen LogP contribution in [0.1, 0.15) is 34.0 Å². The molecule has 0 aliphatic carbocycles. The molecule has 2 aliphatic heterocycles. The predicted molar refractivity (Wildman–Crippen MR) is 140 cm³/mol. The van der Waals surface area contributed by atoms with Crippen molar-refractivity contribution in [1.29, 1.82) is 0 Å². The van der Waals surface area contributed by atoms with E-state index >= 15 is 0 Å². The van der Waals surface area contributed by atoms with Gasteiger partial charge in [0.1, 0.15) is 5.69 Å². The molecule has 3 heterocycles. The number of amides is 1. The minimum absolute atomic E-state index is 0.00530. The average Bonchev–Trinajstić information content (AvgIpc) is 2.89. The molecule has 39 heavy (non-hydrogen) atoms. The summed E-state index contributed by atoms with van der Waals surface area (Å²) in [6.07, 6.45) is -3.92. The minimum Gasteiger partial charge on any atom is -0.378 e. The van der Waals surface area contributed by atoms with Crippen molar-refractivity contribution in [3.8, 4) is 0 Å². The summed E-state index contributed by atoms with van der Waals surface area (Å²) in [6.45, 7) is 1.17. The van der Waals surface area contributed by atoms with Crippen molar-refractivity contribution >= 4 is 27.3 Å². The summed E-state index contributed by atoms with van der Waals surface area (Å²) in [5, 5.41) is 0. The van der Waals surface area contributed by atoms with Gasteiger partial charge in [0.05, 0.1) is 10.5 Å². The molecule has 2 bridgehead atoms. The van der Waals surface area contributed by atoms with Crippen LogP contribution in [-0.4, -0.2) is 51.0 Å². The molecular weight excluding hydrogens is 533 g/mol. The molecule has 3 aromatic rings. The number of hydrogen-bond acceptors (Lipinski definition) is 5. The van der Waals surface area contributed by atoms with Crippen LogP contribution in [0.15, 0.2) is 70.4 Å². The van der Waals surface area contributed by atoms with Gasteiger partial charge in [-0.05, 0) is 66.9 Å². The third kappa shape index (κ3) is 5.25. The van der Waals surface area contributed by atoms with E-state index in [4.69, 9.17) is 0 Å². The topological polar surface area (TPSA) is 91.7 Å². The average molecular weight is 561 g/mol. The number of benzene rings is 2. The number of nitrogens with zero attached hydrogens (tertiary/aromatic N) is 3. The molecule has 0 spiro atoms. The first-order valence-corrected chi connectivity index (χ1v) is 13.8. The van der Waals surface area contributed by atoms with E-state index < -0.39 is 32.2 Å². The van der Waals surface area contributed by atoms with Gasteiger partial charge in [0.15, 0.2) is 0 Å². The number of piperidine rings is 1. The lowest BCUT2D eigenvalue weighted by atomic mass is 9.83. The van der Waals surface area contributed by atoms with Crippen LogP contribution in [0.5, 0.6) is 0 Å². The number of carbonyl (C=O) groups is 1. The van der Waals surface area contributed by atoms with Crippen molar-refractivity contribution in [3.05, 3.63) is 87.8 Å². The van der Waals surface area contributed by atoms with Crippen LogP contribution in [0.4, 0.5) is 24.5 Å². The fourth-order valence-electron chi connectivity index (χ4n) is 5.32. The molecule has 2 unspecified atom stereocenters. The Hall–Kier alpha value is -3.80. The molecule has 1 N–H and O–H groups in total. The maximum Gasteiger partial charge on any atom is 0.416 e. The van der Waals surface area contributed by atoms with Gasteiger partial charge in [-0.3, -0.25) is 14.3 Å². The highest BCUT2D eigenvalue weighted by molar-refractivity contribution is 7.92. The first-order valence-electron chi connectivity index (χ1n) is 12.3. The van der Waals surface area contributed by atoms with Crippen LogP contribution in [0, 0.1) is 5.92 Å². The van der Waals surface area contributed by atoms with Crippen molar-refractivity contribution in [1.82, 2.24) is 9.47 Å². The first-order chi connectivity index (χ1) is 18.3. The third-order valence-electron chi connectivity index (χ3n) is 7.24. The Kier molecular flexibility index (Phi) is 6.69. The number of anilines is 2. The van der Waals surface area contributed by atoms with Gasteiger partial charge in [0.2, 0.25) is 0 Å². The number of pyridine rings is 1. The second kappa shape index (κ2) is 9.74. The second-order valence-electron chi connectivity index (χ2n) is 10.2. The summed E-state index contributed by atoms with van der Waals surface area (Å²) in [6, 6.07) is 13.7. The van der Waals surface area contributed by atoms with E-state index in [1.165, 1.54) is 10.6 Å². The summed E-state index contributed by atoms with van der Waals surface area (Å²) in [5.74, 6) is -0.199. The Morgan fingerprint density at radius 2 is 1.72 bits per heavy atom. The number of nitrogens with one attached hydrogen (secondary N) is 1. The Labute approximate surface area is 223 Å². The number of likely N-dealkylation sites (tertiary alicyclic amines) is 1. The van der Waals surface area contributed by atoms with Crippen molar-refractivity contribution in [2.45, 2.75) is 30.0 Å². The van der Waals surface area contributed by atoms with Gasteiger partial charge in [0.25, 0.3) is 21.5 Å². The van der Waals surface area contributed by atoms with Crippen LogP contribution in [0.3, 0.4) is 0 Å². The van der Waals surface area contributed by atoms with E-state index in [-0.39, 0.29) is 23.4 Å². The summed E-state index contributed by atoms with van der Waals surface area (Å²) < 4.78 is 68.6. The lowest BCUT2D eigenvalue weighted by Gasteiger charge is -2.43. The number of sulfonamides is 1. The van der Waals surface area contributed by atoms with Crippen molar-refractivity contribution in [2.24, 2.45) is 5.92 Å². The van der Waals surface area contributed by atoms with Gasteiger partial charge in [-0.2, -0.15) is 13.2 Å². The number of hydrogen-bond donors (Lipinski definition) is 1. The maximum absolute atomic E-state index is 13.3. The Morgan fingerprint density at radius 1 is 1.00 bits per heavy atom. The van der Waals surface area contributed by atoms with Crippen molar-refractivity contribution in [3.63, 3.8) is 0 Å². The van der Waals surface area contributed by atoms with E-state index in [1.807, 2.05) is 31.1 Å². The van der Waals surface area contributed by atoms with Crippen LogP contribution in [0.25, 0.3) is 0 Å². The van der Waals surface area contributed by atoms with Crippen molar-refractivity contribution in [2.75, 3.05) is 36.8 Å². The zero-order valence-electron chi connectivity index (χ0n) is 21.3. The monoisotopic (exact) mass is 560 g/mol. The highest BCUT2D eigenvalue weighted by Crippen LogP contribution is 2.36. The number of fused-ring (bicyclic) bond motifs is 4. The quantitative estimate of drug-likeness (QED) is 0.510. The fraction of sp³-hybridized carbons (Fsp3) is 0.333. The molecule has 0 radical (unpaired) electrons. The van der Waals surface area contributed by atoms with Crippen molar-refractivity contribution < 1.29 is 26.4 Å². The number of aromatic nitrogens is 1. The Morgan fingerprint density at radius 3 is 2.38 bits per heavy atom. The first kappa shape index (κ1) is 26.8. The Bertz CT molecular complexity index is 1580. The minimum atomic E-state index is -4.71. The number of carbonyl (C=O) groups excluding carboxylic acids is 1. The van der Waals surface area contributed by atoms with Gasteiger partial charge in [-0.25, -0.2) is 8.42 Å². The molecule has 1 fully saturated rings. The van der Waals surface area contributed by atoms with E-state index in [1.54, 1.807) is 23.1 Å². The predicted octanol–water partition coefficient (Wildman–Crippen LogP) is 3.99. The van der Waals surface area contributed by atoms with Gasteiger partial charge < -0.3 is 14.4 Å². The molecule has 2 atom stereocenters. The summed E-state index contributed by atoms with van der Waals surface area (Å²) >= 11 is 0. The summed E-state index contributed by atoms with van der Waals surface area (Å²) in [4.78, 5) is 29.6. The molecular formula is C27H27F3N4O4S. The molecule has 2 aliphatic rings. The lowest BCUT2D eigenvalue weighted by molar-refractivity contribution is -0.137. The Balaban J connectivity index is 1.37. The molecule has 12 heteroatoms. The molecule has 1 saturated heterocycles. The SMILES string of the molecule is CN(C)c1ccc(C(=O)N2CC3CC(C2)c2ccc(NS(=O)(=O)c4cccc(C(F)(F)F)c4)c(=O)n2C3)cc1.